The molecular weight excluding hydrogens is 314 g/mol. The Balaban J connectivity index is 2.24. The molecule has 0 radical (unpaired) electrons. The fourth-order valence-electron chi connectivity index (χ4n) is 2.46. The molecule has 21 heavy (non-hydrogen) atoms. The lowest BCUT2D eigenvalue weighted by Gasteiger charge is -2.20. The molecule has 0 saturated carbocycles. The van der Waals surface area contributed by atoms with E-state index in [0.717, 1.165) is 11.1 Å². The Morgan fingerprint density at radius 3 is 2.71 bits per heavy atom. The second kappa shape index (κ2) is 5.76. The van der Waals surface area contributed by atoms with Gasteiger partial charge in [0.05, 0.1) is 10.6 Å². The summed E-state index contributed by atoms with van der Waals surface area (Å²) in [6.45, 7) is 2.19. The van der Waals surface area contributed by atoms with Crippen molar-refractivity contribution in [3.63, 3.8) is 0 Å². The van der Waals surface area contributed by atoms with Crippen molar-refractivity contribution in [2.75, 3.05) is 12.8 Å². The van der Waals surface area contributed by atoms with E-state index in [0.29, 0.717) is 29.8 Å². The lowest BCUT2D eigenvalue weighted by Crippen LogP contribution is -2.40. The number of rotatable bonds is 4. The smallest absolute Gasteiger partial charge is 0.326 e. The van der Waals surface area contributed by atoms with Gasteiger partial charge in [0.25, 0.3) is 5.91 Å². The number of hydrogen-bond donors (Lipinski definition) is 1. The summed E-state index contributed by atoms with van der Waals surface area (Å²) in [6.07, 6.45) is 2.28. The Hall–Kier alpha value is -1.41. The molecule has 0 aromatic carbocycles. The molecule has 2 rings (SSSR count). The van der Waals surface area contributed by atoms with Crippen LogP contribution in [0.5, 0.6) is 0 Å². The first-order chi connectivity index (χ1) is 9.69. The largest absolute Gasteiger partial charge is 0.480 e. The van der Waals surface area contributed by atoms with Crippen molar-refractivity contribution in [2.24, 2.45) is 0 Å². The topological polar surface area (TPSA) is 91.8 Å². The van der Waals surface area contributed by atoms with Gasteiger partial charge in [-0.15, -0.1) is 11.3 Å². The summed E-state index contributed by atoms with van der Waals surface area (Å²) >= 11 is 1.22. The summed E-state index contributed by atoms with van der Waals surface area (Å²) in [5.41, 5.74) is 0.608. The molecule has 1 aromatic heterocycles. The molecule has 0 spiro atoms. The van der Waals surface area contributed by atoms with Gasteiger partial charge in [0.15, 0.2) is 9.84 Å². The summed E-state index contributed by atoms with van der Waals surface area (Å²) in [6, 6.07) is 0.791. The van der Waals surface area contributed by atoms with Crippen molar-refractivity contribution in [1.29, 1.82) is 0 Å². The molecule has 6 nitrogen and oxygen atoms in total. The molecule has 0 aliphatic carbocycles. The molecule has 1 saturated heterocycles. The minimum atomic E-state index is -3.17. The van der Waals surface area contributed by atoms with Crippen LogP contribution in [0.4, 0.5) is 0 Å². The highest BCUT2D eigenvalue weighted by atomic mass is 32.2. The van der Waals surface area contributed by atoms with E-state index in [4.69, 9.17) is 5.11 Å². The minimum absolute atomic E-state index is 0.106. The van der Waals surface area contributed by atoms with Gasteiger partial charge in [-0.25, -0.2) is 13.2 Å². The number of carbonyl (C=O) groups excluding carboxylic acids is 1. The zero-order valence-electron chi connectivity index (χ0n) is 11.8. The number of thiophene rings is 1. The van der Waals surface area contributed by atoms with E-state index in [-0.39, 0.29) is 11.7 Å². The van der Waals surface area contributed by atoms with Crippen LogP contribution in [0.15, 0.2) is 6.07 Å². The quantitative estimate of drug-likeness (QED) is 0.897. The zero-order chi connectivity index (χ0) is 15.8. The van der Waals surface area contributed by atoms with E-state index in [2.05, 4.69) is 0 Å². The average Bonchev–Trinajstić information content (AvgIpc) is 2.94. The normalized spacial score (nSPS) is 19.0. The molecule has 1 aromatic rings. The van der Waals surface area contributed by atoms with Crippen LogP contribution in [-0.4, -0.2) is 49.1 Å². The van der Waals surface area contributed by atoms with E-state index >= 15 is 0 Å². The second-order valence-electron chi connectivity index (χ2n) is 5.26. The Labute approximate surface area is 127 Å². The second-order valence-corrected chi connectivity index (χ2v) is 8.65. The summed E-state index contributed by atoms with van der Waals surface area (Å²) in [7, 11) is -3.17. The van der Waals surface area contributed by atoms with Gasteiger partial charge in [-0.2, -0.15) is 0 Å². The van der Waals surface area contributed by atoms with Gasteiger partial charge in [0.2, 0.25) is 0 Å². The number of amides is 1. The molecule has 0 unspecified atom stereocenters. The minimum Gasteiger partial charge on any atom is -0.480 e. The highest BCUT2D eigenvalue weighted by molar-refractivity contribution is 7.89. The van der Waals surface area contributed by atoms with Gasteiger partial charge in [0.1, 0.15) is 6.04 Å². The number of aryl methyl sites for hydroxylation is 1. The molecule has 1 atom stereocenters. The lowest BCUT2D eigenvalue weighted by atomic mass is 10.2. The van der Waals surface area contributed by atoms with Crippen molar-refractivity contribution < 1.29 is 23.1 Å². The Kier molecular flexibility index (Phi) is 4.38. The van der Waals surface area contributed by atoms with E-state index in [1.165, 1.54) is 16.2 Å². The van der Waals surface area contributed by atoms with Crippen LogP contribution >= 0.6 is 11.3 Å². The van der Waals surface area contributed by atoms with Gasteiger partial charge in [0, 0.05) is 17.7 Å². The fourth-order valence-corrected chi connectivity index (χ4v) is 4.41. The van der Waals surface area contributed by atoms with Crippen LogP contribution in [0.1, 0.15) is 33.0 Å². The Morgan fingerprint density at radius 1 is 1.48 bits per heavy atom. The lowest BCUT2D eigenvalue weighted by molar-refractivity contribution is -0.141. The fraction of sp³-hybridized carbons (Fsp3) is 0.538. The van der Waals surface area contributed by atoms with Crippen molar-refractivity contribution in [3.8, 4) is 0 Å². The predicted molar refractivity (Wildman–Crippen MR) is 79.3 cm³/mol. The molecule has 0 bridgehead atoms. The van der Waals surface area contributed by atoms with Crippen molar-refractivity contribution >= 4 is 33.1 Å². The molecule has 2 heterocycles. The highest BCUT2D eigenvalue weighted by Crippen LogP contribution is 2.27. The van der Waals surface area contributed by atoms with Crippen molar-refractivity contribution in [1.82, 2.24) is 4.90 Å². The van der Waals surface area contributed by atoms with Crippen LogP contribution in [0.25, 0.3) is 0 Å². The van der Waals surface area contributed by atoms with Gasteiger partial charge in [-0.05, 0) is 31.4 Å². The van der Waals surface area contributed by atoms with Gasteiger partial charge < -0.3 is 10.0 Å². The number of carbonyl (C=O) groups is 2. The summed E-state index contributed by atoms with van der Waals surface area (Å²) in [5.74, 6) is -1.43. The maximum Gasteiger partial charge on any atom is 0.326 e. The molecule has 1 aliphatic rings. The third-order valence-electron chi connectivity index (χ3n) is 3.45. The van der Waals surface area contributed by atoms with Crippen molar-refractivity contribution in [2.45, 2.75) is 31.6 Å². The van der Waals surface area contributed by atoms with Gasteiger partial charge >= 0.3 is 5.97 Å². The third kappa shape index (κ3) is 3.62. The molecule has 1 N–H and O–H groups in total. The maximum absolute atomic E-state index is 12.4. The number of nitrogens with zero attached hydrogens (tertiary/aromatic N) is 1. The average molecular weight is 331 g/mol. The SMILES string of the molecule is Cc1sc(C(=O)N2CCC[C@@H]2C(=O)O)cc1CS(C)(=O)=O. The predicted octanol–water partition coefficient (Wildman–Crippen LogP) is 1.29. The van der Waals surface area contributed by atoms with Crippen LogP contribution < -0.4 is 0 Å². The van der Waals surface area contributed by atoms with E-state index in [9.17, 15) is 18.0 Å². The van der Waals surface area contributed by atoms with Gasteiger partial charge in [-0.3, -0.25) is 4.79 Å². The molecule has 1 amide bonds. The van der Waals surface area contributed by atoms with Crippen LogP contribution in [0.2, 0.25) is 0 Å². The molecular formula is C13H17NO5S2. The summed E-state index contributed by atoms with van der Waals surface area (Å²) in [5, 5.41) is 9.12. The first-order valence-electron chi connectivity index (χ1n) is 6.50. The molecule has 8 heteroatoms. The summed E-state index contributed by atoms with van der Waals surface area (Å²) in [4.78, 5) is 26.1. The number of likely N-dealkylation sites (tertiary alicyclic amines) is 1. The van der Waals surface area contributed by atoms with Gasteiger partial charge in [-0.1, -0.05) is 0 Å². The van der Waals surface area contributed by atoms with Crippen LogP contribution in [-0.2, 0) is 20.4 Å². The standard InChI is InChI=1S/C13H17NO5S2/c1-8-9(7-21(2,18)19)6-11(20-8)12(15)14-5-3-4-10(14)13(16)17/h6,10H,3-5,7H2,1-2H3,(H,16,17)/t10-/m1/s1. The molecule has 1 fully saturated rings. The number of sulfone groups is 1. The number of aliphatic carboxylic acids is 1. The number of carboxylic acid groups (broad SMARTS) is 1. The zero-order valence-corrected chi connectivity index (χ0v) is 13.5. The first kappa shape index (κ1) is 16.0. The number of hydrogen-bond acceptors (Lipinski definition) is 5. The summed E-state index contributed by atoms with van der Waals surface area (Å²) < 4.78 is 22.7. The molecule has 116 valence electrons. The monoisotopic (exact) mass is 331 g/mol. The molecule has 1 aliphatic heterocycles. The van der Waals surface area contributed by atoms with Crippen LogP contribution in [0.3, 0.4) is 0 Å². The number of carboxylic acids is 1. The Bertz CT molecular complexity index is 677. The maximum atomic E-state index is 12.4. The Morgan fingerprint density at radius 2 is 2.14 bits per heavy atom. The van der Waals surface area contributed by atoms with E-state index < -0.39 is 21.8 Å². The highest BCUT2D eigenvalue weighted by Gasteiger charge is 2.35. The van der Waals surface area contributed by atoms with E-state index in [1.54, 1.807) is 13.0 Å². The van der Waals surface area contributed by atoms with Crippen molar-refractivity contribution in [3.05, 3.63) is 21.4 Å². The van der Waals surface area contributed by atoms with E-state index in [1.807, 2.05) is 0 Å². The third-order valence-corrected chi connectivity index (χ3v) is 5.36. The van der Waals surface area contributed by atoms with Crippen LogP contribution in [0, 0.1) is 6.92 Å². The first-order valence-corrected chi connectivity index (χ1v) is 9.37.